The van der Waals surface area contributed by atoms with Gasteiger partial charge in [0.25, 0.3) is 5.91 Å². The number of nitrogens with zero attached hydrogens (tertiary/aromatic N) is 3. The smallest absolute Gasteiger partial charge is 0.266 e. The maximum atomic E-state index is 13.3. The van der Waals surface area contributed by atoms with Gasteiger partial charge < -0.3 is 9.64 Å². The zero-order valence-corrected chi connectivity index (χ0v) is 21.5. The van der Waals surface area contributed by atoms with Crippen LogP contribution in [0.2, 0.25) is 0 Å². The molecule has 0 aromatic heterocycles. The fraction of sp³-hybridized carbons (Fsp3) is 0.357. The summed E-state index contributed by atoms with van der Waals surface area (Å²) >= 11 is 1.44. The number of amidine groups is 1. The predicted octanol–water partition coefficient (Wildman–Crippen LogP) is 6.35. The van der Waals surface area contributed by atoms with Crippen LogP contribution >= 0.6 is 11.8 Å². The second kappa shape index (κ2) is 10.2. The quantitative estimate of drug-likeness (QED) is 0.346. The van der Waals surface area contributed by atoms with Gasteiger partial charge in [-0.15, -0.1) is 0 Å². The van der Waals surface area contributed by atoms with Gasteiger partial charge in [0.1, 0.15) is 0 Å². The minimum atomic E-state index is -0.0193. The lowest BCUT2D eigenvalue weighted by Gasteiger charge is -2.42. The number of thioether (sulfide) groups is 1. The van der Waals surface area contributed by atoms with E-state index in [0.717, 1.165) is 24.2 Å². The number of carbonyl (C=O) groups is 1. The van der Waals surface area contributed by atoms with Crippen molar-refractivity contribution in [3.8, 4) is 0 Å². The molecule has 34 heavy (non-hydrogen) atoms. The van der Waals surface area contributed by atoms with Gasteiger partial charge in [0.15, 0.2) is 5.17 Å². The maximum absolute atomic E-state index is 13.3. The molecule has 2 aromatic rings. The van der Waals surface area contributed by atoms with E-state index in [1.54, 1.807) is 12.0 Å². The van der Waals surface area contributed by atoms with Crippen molar-refractivity contribution in [1.82, 2.24) is 4.90 Å². The summed E-state index contributed by atoms with van der Waals surface area (Å²) < 4.78 is 5.20. The molecule has 0 radical (unpaired) electrons. The average molecular weight is 476 g/mol. The van der Waals surface area contributed by atoms with Crippen molar-refractivity contribution in [3.63, 3.8) is 0 Å². The van der Waals surface area contributed by atoms with E-state index in [1.165, 1.54) is 28.6 Å². The molecule has 0 spiro atoms. The third-order valence-corrected chi connectivity index (χ3v) is 7.22. The molecule has 0 unspecified atom stereocenters. The summed E-state index contributed by atoms with van der Waals surface area (Å²) in [7, 11) is 1.68. The van der Waals surface area contributed by atoms with Gasteiger partial charge in [-0.25, -0.2) is 4.99 Å². The van der Waals surface area contributed by atoms with Gasteiger partial charge in [0, 0.05) is 38.1 Å². The Kier molecular flexibility index (Phi) is 7.29. The number of amides is 1. The Morgan fingerprint density at radius 3 is 2.62 bits per heavy atom. The second-order valence-corrected chi connectivity index (χ2v) is 10.2. The van der Waals surface area contributed by atoms with Crippen LogP contribution in [0.4, 0.5) is 11.4 Å². The van der Waals surface area contributed by atoms with Crippen LogP contribution in [0, 0.1) is 0 Å². The molecule has 0 aliphatic carbocycles. The molecule has 6 heteroatoms. The lowest BCUT2D eigenvalue weighted by atomic mass is 9.88. The first kappa shape index (κ1) is 24.3. The van der Waals surface area contributed by atoms with Crippen molar-refractivity contribution >= 4 is 45.9 Å². The monoisotopic (exact) mass is 475 g/mol. The number of allylic oxidation sites excluding steroid dienone is 1. The number of ether oxygens (including phenoxy) is 1. The summed E-state index contributed by atoms with van der Waals surface area (Å²) in [6, 6.07) is 16.3. The Balaban J connectivity index is 1.67. The van der Waals surface area contributed by atoms with Crippen LogP contribution in [0.25, 0.3) is 11.6 Å². The second-order valence-electron chi connectivity index (χ2n) is 9.15. The number of methoxy groups -OCH3 is 1. The Labute approximate surface area is 207 Å². The molecule has 2 heterocycles. The van der Waals surface area contributed by atoms with Gasteiger partial charge >= 0.3 is 0 Å². The number of carbonyl (C=O) groups excluding carboxylic acids is 1. The minimum Gasteiger partial charge on any atom is -0.385 e. The molecule has 1 fully saturated rings. The fourth-order valence-corrected chi connectivity index (χ4v) is 5.71. The van der Waals surface area contributed by atoms with Gasteiger partial charge in [-0.1, -0.05) is 30.3 Å². The molecule has 4 rings (SSSR count). The van der Waals surface area contributed by atoms with Crippen molar-refractivity contribution in [2.75, 3.05) is 31.7 Å². The van der Waals surface area contributed by atoms with Crippen molar-refractivity contribution in [1.29, 1.82) is 0 Å². The topological polar surface area (TPSA) is 45.1 Å². The zero-order valence-electron chi connectivity index (χ0n) is 20.7. The number of anilines is 1. The summed E-state index contributed by atoms with van der Waals surface area (Å²) in [5, 5.41) is 0.714. The number of fused-ring (bicyclic) bond motifs is 1. The molecular formula is C28H33N3O2S. The standard InChI is InChI=1S/C28H33N3O2S/c1-6-31-24-14-13-21(17-23(24)20(2)19-28(31,3)4)18-25-26(32)30(15-10-16-33-5)27(34-25)29-22-11-8-7-9-12-22/h7-9,11-14,17-19H,6,10,15-16H2,1-5H3/b25-18-,29-27?. The van der Waals surface area contributed by atoms with E-state index in [9.17, 15) is 4.79 Å². The van der Waals surface area contributed by atoms with Gasteiger partial charge in [0.05, 0.1) is 16.1 Å². The predicted molar refractivity (Wildman–Crippen MR) is 145 cm³/mol. The number of hydrogen-bond acceptors (Lipinski definition) is 5. The lowest BCUT2D eigenvalue weighted by molar-refractivity contribution is -0.122. The first-order valence-electron chi connectivity index (χ1n) is 11.8. The highest BCUT2D eigenvalue weighted by molar-refractivity contribution is 8.18. The molecule has 0 bridgehead atoms. The number of benzene rings is 2. The van der Waals surface area contributed by atoms with Crippen LogP contribution in [0.5, 0.6) is 0 Å². The Hall–Kier alpha value is -2.83. The van der Waals surface area contributed by atoms with Gasteiger partial charge in [-0.05, 0) is 87.4 Å². The van der Waals surface area contributed by atoms with Gasteiger partial charge in [-0.2, -0.15) is 0 Å². The first-order valence-corrected chi connectivity index (χ1v) is 12.6. The highest BCUT2D eigenvalue weighted by Crippen LogP contribution is 2.40. The van der Waals surface area contributed by atoms with Crippen LogP contribution in [-0.2, 0) is 9.53 Å². The number of para-hydroxylation sites is 1. The van der Waals surface area contributed by atoms with Gasteiger partial charge in [0.2, 0.25) is 0 Å². The highest BCUT2D eigenvalue weighted by atomic mass is 32.2. The van der Waals surface area contributed by atoms with E-state index in [-0.39, 0.29) is 11.4 Å². The number of rotatable bonds is 7. The molecule has 178 valence electrons. The zero-order chi connectivity index (χ0) is 24.3. The Morgan fingerprint density at radius 2 is 1.91 bits per heavy atom. The summed E-state index contributed by atoms with van der Waals surface area (Å²) in [6.45, 7) is 11.0. The van der Waals surface area contributed by atoms with E-state index in [2.05, 4.69) is 56.9 Å². The first-order chi connectivity index (χ1) is 16.3. The van der Waals surface area contributed by atoms with Gasteiger partial charge in [-0.3, -0.25) is 9.69 Å². The van der Waals surface area contributed by atoms with Crippen LogP contribution in [0.15, 0.2) is 64.5 Å². The van der Waals surface area contributed by atoms with E-state index in [4.69, 9.17) is 9.73 Å². The normalized spacial score (nSPS) is 19.7. The fourth-order valence-electron chi connectivity index (χ4n) is 4.69. The van der Waals surface area contributed by atoms with Crippen LogP contribution in [0.3, 0.4) is 0 Å². The summed E-state index contributed by atoms with van der Waals surface area (Å²) in [6.07, 6.45) is 5.08. The molecule has 1 saturated heterocycles. The maximum Gasteiger partial charge on any atom is 0.266 e. The van der Waals surface area contributed by atoms with E-state index in [1.807, 2.05) is 36.4 Å². The number of hydrogen-bond donors (Lipinski definition) is 0. The van der Waals surface area contributed by atoms with Crippen molar-refractivity contribution < 1.29 is 9.53 Å². The highest BCUT2D eigenvalue weighted by Gasteiger charge is 2.34. The summed E-state index contributed by atoms with van der Waals surface area (Å²) in [4.78, 5) is 23.0. The Morgan fingerprint density at radius 1 is 1.15 bits per heavy atom. The average Bonchev–Trinajstić information content (AvgIpc) is 3.09. The number of likely N-dealkylation sites (N-methyl/N-ethyl adjacent to an activating group) is 1. The lowest BCUT2D eigenvalue weighted by Crippen LogP contribution is -2.44. The van der Waals surface area contributed by atoms with Crippen LogP contribution < -0.4 is 4.90 Å². The van der Waals surface area contributed by atoms with Crippen LogP contribution in [0.1, 0.15) is 45.2 Å². The molecule has 0 N–H and O–H groups in total. The molecule has 2 aliphatic heterocycles. The molecule has 5 nitrogen and oxygen atoms in total. The van der Waals surface area contributed by atoms with Crippen molar-refractivity contribution in [3.05, 3.63) is 70.6 Å². The SMILES string of the molecule is CCN1c2ccc(/C=C3\SC(=Nc4ccccc4)N(CCCOC)C3=O)cc2C(C)=CC1(C)C. The Bertz CT molecular complexity index is 1150. The largest absolute Gasteiger partial charge is 0.385 e. The van der Waals surface area contributed by atoms with E-state index >= 15 is 0 Å². The molecule has 2 aromatic carbocycles. The van der Waals surface area contributed by atoms with Crippen molar-refractivity contribution in [2.45, 2.75) is 39.7 Å². The number of aliphatic imine (C=N–C) groups is 1. The van der Waals surface area contributed by atoms with E-state index in [0.29, 0.717) is 23.2 Å². The summed E-state index contributed by atoms with van der Waals surface area (Å²) in [5.74, 6) is -0.00270. The van der Waals surface area contributed by atoms with Crippen LogP contribution in [-0.4, -0.2) is 48.3 Å². The molecule has 1 amide bonds. The van der Waals surface area contributed by atoms with Crippen molar-refractivity contribution in [2.24, 2.45) is 4.99 Å². The third-order valence-electron chi connectivity index (χ3n) is 6.21. The molecule has 2 aliphatic rings. The summed E-state index contributed by atoms with van der Waals surface area (Å²) in [5.41, 5.74) is 5.58. The van der Waals surface area contributed by atoms with E-state index < -0.39 is 0 Å². The molecular weight excluding hydrogens is 442 g/mol. The molecule has 0 saturated carbocycles. The molecule has 0 atom stereocenters. The third kappa shape index (κ3) is 4.98. The minimum absolute atomic E-state index is 0.00270.